The summed E-state index contributed by atoms with van der Waals surface area (Å²) in [5.74, 6) is -0.866. The normalized spacial score (nSPS) is 12.3. The van der Waals surface area contributed by atoms with Gasteiger partial charge in [-0.15, -0.1) is 0 Å². The largest absolute Gasteiger partial charge is 0.452 e. The van der Waals surface area contributed by atoms with Crippen molar-refractivity contribution >= 4 is 22.7 Å². The zero-order valence-corrected chi connectivity index (χ0v) is 15.9. The molecule has 0 amide bonds. The topological polar surface area (TPSA) is 86.2 Å². The van der Waals surface area contributed by atoms with Crippen LogP contribution in [0.5, 0.6) is 0 Å². The van der Waals surface area contributed by atoms with E-state index in [1.165, 1.54) is 0 Å². The number of ether oxygens (including phenoxy) is 2. The first-order valence-electron chi connectivity index (χ1n) is 8.74. The van der Waals surface area contributed by atoms with Gasteiger partial charge in [0.05, 0.1) is 18.2 Å². The molecule has 0 aliphatic rings. The number of ketones is 1. The van der Waals surface area contributed by atoms with Crippen molar-refractivity contribution in [3.8, 4) is 0 Å². The summed E-state index contributed by atoms with van der Waals surface area (Å²) in [6, 6.07) is 9.19. The molecule has 1 aromatic carbocycles. The first-order valence-corrected chi connectivity index (χ1v) is 8.74. The van der Waals surface area contributed by atoms with Crippen molar-refractivity contribution in [3.05, 3.63) is 53.0 Å². The molecule has 142 valence electrons. The number of methoxy groups -OCH3 is 1. The first kappa shape index (κ1) is 18.8. The predicted octanol–water partition coefficient (Wildman–Crippen LogP) is 3.23. The summed E-state index contributed by atoms with van der Waals surface area (Å²) in [4.78, 5) is 24.9. The lowest BCUT2D eigenvalue weighted by Gasteiger charge is -2.17. The summed E-state index contributed by atoms with van der Waals surface area (Å²) in [5.41, 5.74) is 3.27. The highest BCUT2D eigenvalue weighted by Gasteiger charge is 2.21. The van der Waals surface area contributed by atoms with E-state index in [1.807, 2.05) is 45.0 Å². The predicted molar refractivity (Wildman–Crippen MR) is 101 cm³/mol. The van der Waals surface area contributed by atoms with E-state index in [0.717, 1.165) is 16.9 Å². The number of esters is 1. The van der Waals surface area contributed by atoms with Crippen molar-refractivity contribution in [2.75, 3.05) is 20.3 Å². The third-order valence-electron chi connectivity index (χ3n) is 4.63. The molecule has 0 unspecified atom stereocenters. The summed E-state index contributed by atoms with van der Waals surface area (Å²) >= 11 is 0. The summed E-state index contributed by atoms with van der Waals surface area (Å²) in [6.45, 7) is 6.07. The number of Topliss-reactive ketones (excluding diaryl/α,β-unsaturated/α-hetero) is 1. The fourth-order valence-corrected chi connectivity index (χ4v) is 3.45. The van der Waals surface area contributed by atoms with Crippen LogP contribution in [0.25, 0.3) is 10.9 Å². The molecule has 7 heteroatoms. The second-order valence-corrected chi connectivity index (χ2v) is 6.58. The van der Waals surface area contributed by atoms with Crippen LogP contribution in [-0.2, 0) is 9.47 Å². The summed E-state index contributed by atoms with van der Waals surface area (Å²) in [6.07, 6.45) is 0. The molecule has 0 spiro atoms. The molecular formula is C20H23N3O4. The summed E-state index contributed by atoms with van der Waals surface area (Å²) in [5, 5.41) is 7.45. The van der Waals surface area contributed by atoms with Gasteiger partial charge in [-0.3, -0.25) is 9.89 Å². The number of para-hydroxylation sites is 1. The Balaban J connectivity index is 1.73. The van der Waals surface area contributed by atoms with E-state index in [1.54, 1.807) is 13.2 Å². The van der Waals surface area contributed by atoms with E-state index in [-0.39, 0.29) is 24.1 Å². The van der Waals surface area contributed by atoms with Gasteiger partial charge in [0, 0.05) is 29.4 Å². The molecule has 0 bridgehead atoms. The molecule has 1 atom stereocenters. The minimum atomic E-state index is -0.623. The number of nitrogens with one attached hydrogen (secondary N) is 1. The van der Waals surface area contributed by atoms with Crippen LogP contribution in [0.4, 0.5) is 0 Å². The minimum Gasteiger partial charge on any atom is -0.452 e. The van der Waals surface area contributed by atoms with Crippen molar-refractivity contribution in [2.24, 2.45) is 0 Å². The van der Waals surface area contributed by atoms with E-state index in [2.05, 4.69) is 14.8 Å². The lowest BCUT2D eigenvalue weighted by molar-refractivity contribution is 0.0470. The molecule has 2 aromatic heterocycles. The zero-order chi connectivity index (χ0) is 19.6. The second-order valence-electron chi connectivity index (χ2n) is 6.58. The Morgan fingerprint density at radius 3 is 2.74 bits per heavy atom. The highest BCUT2D eigenvalue weighted by Crippen LogP contribution is 2.22. The lowest BCUT2D eigenvalue weighted by atomic mass is 10.1. The molecule has 3 aromatic rings. The van der Waals surface area contributed by atoms with Crippen molar-refractivity contribution in [2.45, 2.75) is 26.8 Å². The maximum atomic E-state index is 12.6. The number of hydrogen-bond acceptors (Lipinski definition) is 5. The van der Waals surface area contributed by atoms with Gasteiger partial charge in [0.1, 0.15) is 0 Å². The fourth-order valence-electron chi connectivity index (χ4n) is 3.45. The highest BCUT2D eigenvalue weighted by molar-refractivity contribution is 6.04. The van der Waals surface area contributed by atoms with Gasteiger partial charge >= 0.3 is 5.97 Å². The number of carbonyl (C=O) groups is 2. The van der Waals surface area contributed by atoms with Gasteiger partial charge in [-0.2, -0.15) is 5.10 Å². The number of nitrogens with zero attached hydrogens (tertiary/aromatic N) is 2. The zero-order valence-electron chi connectivity index (χ0n) is 15.9. The van der Waals surface area contributed by atoms with E-state index in [0.29, 0.717) is 17.6 Å². The lowest BCUT2D eigenvalue weighted by Crippen LogP contribution is -2.17. The molecule has 0 saturated heterocycles. The minimum absolute atomic E-state index is 0.106. The molecule has 3 rings (SSSR count). The number of hydrogen-bond donors (Lipinski definition) is 1. The Bertz CT molecular complexity index is 986. The van der Waals surface area contributed by atoms with Crippen molar-refractivity contribution < 1.29 is 19.1 Å². The molecule has 0 aliphatic heterocycles. The molecular weight excluding hydrogens is 346 g/mol. The number of aryl methyl sites for hydroxylation is 1. The van der Waals surface area contributed by atoms with Crippen LogP contribution in [0.1, 0.15) is 45.2 Å². The number of carbonyl (C=O) groups excluding carboxylic acids is 2. The molecule has 7 nitrogen and oxygen atoms in total. The highest BCUT2D eigenvalue weighted by atomic mass is 16.5. The van der Waals surface area contributed by atoms with E-state index in [9.17, 15) is 9.59 Å². The average molecular weight is 369 g/mol. The SMILES string of the molecule is COC[C@@H](C)n1c(C)cc(C(=O)COC(=O)c2n[nH]c3ccccc23)c1C. The van der Waals surface area contributed by atoms with Crippen LogP contribution < -0.4 is 0 Å². The Labute approximate surface area is 157 Å². The number of H-pyrrole nitrogens is 1. The molecule has 1 N–H and O–H groups in total. The third-order valence-corrected chi connectivity index (χ3v) is 4.63. The molecule has 0 saturated carbocycles. The Kier molecular flexibility index (Phi) is 5.41. The van der Waals surface area contributed by atoms with E-state index in [4.69, 9.17) is 9.47 Å². The first-order chi connectivity index (χ1) is 12.9. The van der Waals surface area contributed by atoms with Gasteiger partial charge in [-0.1, -0.05) is 18.2 Å². The Hall–Kier alpha value is -2.93. The molecule has 0 aliphatic carbocycles. The molecule has 27 heavy (non-hydrogen) atoms. The number of aromatic amines is 1. The maximum absolute atomic E-state index is 12.6. The quantitative estimate of drug-likeness (QED) is 0.510. The fraction of sp³-hybridized carbons (Fsp3) is 0.350. The summed E-state index contributed by atoms with van der Waals surface area (Å²) in [7, 11) is 1.65. The van der Waals surface area contributed by atoms with Gasteiger partial charge in [-0.25, -0.2) is 4.79 Å². The number of aromatic nitrogens is 3. The van der Waals surface area contributed by atoms with Crippen LogP contribution >= 0.6 is 0 Å². The smallest absolute Gasteiger partial charge is 0.359 e. The van der Waals surface area contributed by atoms with E-state index < -0.39 is 5.97 Å². The summed E-state index contributed by atoms with van der Waals surface area (Å²) < 4.78 is 12.5. The van der Waals surface area contributed by atoms with Crippen LogP contribution in [0, 0.1) is 13.8 Å². The van der Waals surface area contributed by atoms with Crippen molar-refractivity contribution in [3.63, 3.8) is 0 Å². The number of rotatable bonds is 7. The van der Waals surface area contributed by atoms with E-state index >= 15 is 0 Å². The van der Waals surface area contributed by atoms with Gasteiger partial charge in [0.25, 0.3) is 0 Å². The number of fused-ring (bicyclic) bond motifs is 1. The monoisotopic (exact) mass is 369 g/mol. The van der Waals surface area contributed by atoms with Crippen LogP contribution in [-0.4, -0.2) is 46.8 Å². The van der Waals surface area contributed by atoms with Crippen LogP contribution in [0.3, 0.4) is 0 Å². The maximum Gasteiger partial charge on any atom is 0.359 e. The number of benzene rings is 1. The Morgan fingerprint density at radius 2 is 2.00 bits per heavy atom. The van der Waals surface area contributed by atoms with Crippen molar-refractivity contribution in [1.29, 1.82) is 0 Å². The third kappa shape index (κ3) is 3.64. The molecule has 0 radical (unpaired) electrons. The van der Waals surface area contributed by atoms with Crippen LogP contribution in [0.2, 0.25) is 0 Å². The second kappa shape index (κ2) is 7.75. The van der Waals surface area contributed by atoms with Gasteiger partial charge in [0.15, 0.2) is 12.3 Å². The molecule has 0 fully saturated rings. The van der Waals surface area contributed by atoms with Crippen LogP contribution in [0.15, 0.2) is 30.3 Å². The Morgan fingerprint density at radius 1 is 1.26 bits per heavy atom. The van der Waals surface area contributed by atoms with Gasteiger partial charge in [0.2, 0.25) is 5.78 Å². The van der Waals surface area contributed by atoms with Crippen molar-refractivity contribution in [1.82, 2.24) is 14.8 Å². The van der Waals surface area contributed by atoms with Gasteiger partial charge in [-0.05, 0) is 32.9 Å². The standard InChI is InChI=1S/C20H23N3O4/c1-12-9-16(14(3)23(12)13(2)10-26-4)18(24)11-27-20(25)19-15-7-5-6-8-17(15)21-22-19/h5-9,13H,10-11H2,1-4H3,(H,21,22)/t13-/m1/s1. The molecule has 2 heterocycles. The van der Waals surface area contributed by atoms with Gasteiger partial charge < -0.3 is 14.0 Å². The average Bonchev–Trinajstić information content (AvgIpc) is 3.20.